The molecule has 3 aromatic rings. The average molecular weight is 311 g/mol. The van der Waals surface area contributed by atoms with Crippen LogP contribution >= 0.6 is 0 Å². The highest BCUT2D eigenvalue weighted by Gasteiger charge is 2.22. The molecule has 5 nitrogen and oxygen atoms in total. The van der Waals surface area contributed by atoms with Crippen LogP contribution in [0.2, 0.25) is 0 Å². The smallest absolute Gasteiger partial charge is 0.358 e. The van der Waals surface area contributed by atoms with Gasteiger partial charge in [-0.3, -0.25) is 0 Å². The van der Waals surface area contributed by atoms with Crippen molar-refractivity contribution in [3.63, 3.8) is 0 Å². The van der Waals surface area contributed by atoms with Crippen molar-refractivity contribution in [1.29, 1.82) is 0 Å². The van der Waals surface area contributed by atoms with Crippen LogP contribution in [0.1, 0.15) is 21.6 Å². The average Bonchev–Trinajstić information content (AvgIpc) is 2.94. The molecule has 116 valence electrons. The van der Waals surface area contributed by atoms with Crippen LogP contribution in [0.15, 0.2) is 42.5 Å². The summed E-state index contributed by atoms with van der Waals surface area (Å²) in [6, 6.07) is 11.6. The maximum atomic E-state index is 13.6. The van der Waals surface area contributed by atoms with Crippen molar-refractivity contribution in [3.8, 4) is 16.9 Å². The fourth-order valence-corrected chi connectivity index (χ4v) is 2.46. The van der Waals surface area contributed by atoms with Crippen LogP contribution in [0.3, 0.4) is 0 Å². The summed E-state index contributed by atoms with van der Waals surface area (Å²) in [7, 11) is 0. The molecule has 2 aromatic carbocycles. The van der Waals surface area contributed by atoms with Crippen molar-refractivity contribution in [1.82, 2.24) is 15.0 Å². The molecule has 0 atom stereocenters. The third kappa shape index (κ3) is 2.70. The number of carboxylic acids is 1. The zero-order valence-corrected chi connectivity index (χ0v) is 12.6. The van der Waals surface area contributed by atoms with E-state index in [9.17, 15) is 14.3 Å². The van der Waals surface area contributed by atoms with Gasteiger partial charge in [-0.1, -0.05) is 35.0 Å². The molecule has 0 aliphatic carbocycles. The molecule has 23 heavy (non-hydrogen) atoms. The second kappa shape index (κ2) is 5.64. The Morgan fingerprint density at radius 3 is 2.65 bits per heavy atom. The van der Waals surface area contributed by atoms with Gasteiger partial charge in [0.2, 0.25) is 0 Å². The summed E-state index contributed by atoms with van der Waals surface area (Å²) in [6.07, 6.45) is 0. The molecule has 0 amide bonds. The van der Waals surface area contributed by atoms with Crippen LogP contribution in [-0.2, 0) is 0 Å². The van der Waals surface area contributed by atoms with E-state index in [2.05, 4.69) is 10.3 Å². The molecular weight excluding hydrogens is 297 g/mol. The quantitative estimate of drug-likeness (QED) is 0.805. The maximum Gasteiger partial charge on any atom is 0.358 e. The van der Waals surface area contributed by atoms with E-state index >= 15 is 0 Å². The molecule has 0 aliphatic heterocycles. The van der Waals surface area contributed by atoms with Crippen molar-refractivity contribution in [2.45, 2.75) is 13.8 Å². The number of nitrogens with zero attached hydrogens (tertiary/aromatic N) is 3. The first-order chi connectivity index (χ1) is 11.0. The molecule has 6 heteroatoms. The van der Waals surface area contributed by atoms with Crippen LogP contribution in [0, 0.1) is 19.7 Å². The molecule has 3 rings (SSSR count). The molecule has 0 spiro atoms. The van der Waals surface area contributed by atoms with Gasteiger partial charge in [0, 0.05) is 5.56 Å². The van der Waals surface area contributed by atoms with Crippen molar-refractivity contribution in [3.05, 3.63) is 65.1 Å². The van der Waals surface area contributed by atoms with Gasteiger partial charge < -0.3 is 5.11 Å². The number of aromatic nitrogens is 3. The summed E-state index contributed by atoms with van der Waals surface area (Å²) in [6.45, 7) is 3.71. The minimum Gasteiger partial charge on any atom is -0.476 e. The Kier molecular flexibility index (Phi) is 3.65. The number of aryl methyl sites for hydroxylation is 2. The molecule has 0 saturated heterocycles. The predicted octanol–water partition coefficient (Wildman–Crippen LogP) is 3.39. The first kappa shape index (κ1) is 14.9. The zero-order chi connectivity index (χ0) is 16.6. The summed E-state index contributed by atoms with van der Waals surface area (Å²) < 4.78 is 15.0. The fourth-order valence-electron chi connectivity index (χ4n) is 2.46. The number of carboxylic acid groups (broad SMARTS) is 1. The first-order valence-corrected chi connectivity index (χ1v) is 7.00. The number of carbonyl (C=O) groups is 1. The summed E-state index contributed by atoms with van der Waals surface area (Å²) in [5.74, 6) is -1.60. The Balaban J connectivity index is 2.31. The molecule has 1 heterocycles. The van der Waals surface area contributed by atoms with Gasteiger partial charge in [0.1, 0.15) is 11.5 Å². The van der Waals surface area contributed by atoms with Gasteiger partial charge in [0.25, 0.3) is 0 Å². The lowest BCUT2D eigenvalue weighted by atomic mass is 10.1. The molecule has 0 aliphatic rings. The first-order valence-electron chi connectivity index (χ1n) is 7.00. The number of rotatable bonds is 3. The number of benzene rings is 2. The van der Waals surface area contributed by atoms with Crippen LogP contribution in [0.4, 0.5) is 4.39 Å². The van der Waals surface area contributed by atoms with Gasteiger partial charge in [0.05, 0.1) is 5.69 Å². The lowest BCUT2D eigenvalue weighted by Gasteiger charge is -2.10. The minimum atomic E-state index is -1.18. The molecule has 1 aromatic heterocycles. The van der Waals surface area contributed by atoms with Crippen LogP contribution in [0.25, 0.3) is 16.9 Å². The van der Waals surface area contributed by atoms with Gasteiger partial charge in [-0.25, -0.2) is 13.9 Å². The molecule has 0 bridgehead atoms. The van der Waals surface area contributed by atoms with Crippen molar-refractivity contribution >= 4 is 5.97 Å². The molecule has 0 radical (unpaired) electrons. The third-order valence-electron chi connectivity index (χ3n) is 3.56. The number of hydrogen-bond donors (Lipinski definition) is 1. The second-order valence-electron chi connectivity index (χ2n) is 5.30. The zero-order valence-electron chi connectivity index (χ0n) is 12.6. The molecular formula is C17H14FN3O2. The van der Waals surface area contributed by atoms with E-state index in [-0.39, 0.29) is 5.69 Å². The van der Waals surface area contributed by atoms with E-state index in [0.717, 1.165) is 11.1 Å². The van der Waals surface area contributed by atoms with Gasteiger partial charge in [-0.2, -0.15) is 0 Å². The Labute approximate surface area is 132 Å². The van der Waals surface area contributed by atoms with Crippen LogP contribution < -0.4 is 0 Å². The highest BCUT2D eigenvalue weighted by Crippen LogP contribution is 2.27. The SMILES string of the molecule is Cc1cccc(-c2c(C(=O)O)nnn2-c2cc(F)ccc2C)c1. The lowest BCUT2D eigenvalue weighted by Crippen LogP contribution is -2.05. The number of aromatic carboxylic acids is 1. The summed E-state index contributed by atoms with van der Waals surface area (Å²) in [4.78, 5) is 11.5. The highest BCUT2D eigenvalue weighted by molar-refractivity contribution is 5.93. The van der Waals surface area contributed by atoms with Gasteiger partial charge in [-0.15, -0.1) is 5.10 Å². The Bertz CT molecular complexity index is 903. The molecule has 0 saturated carbocycles. The molecule has 0 fully saturated rings. The Morgan fingerprint density at radius 2 is 1.96 bits per heavy atom. The number of halogens is 1. The Morgan fingerprint density at radius 1 is 1.17 bits per heavy atom. The van der Waals surface area contributed by atoms with E-state index in [1.165, 1.54) is 16.8 Å². The summed E-state index contributed by atoms with van der Waals surface area (Å²) in [5.41, 5.74) is 3.02. The topological polar surface area (TPSA) is 68.0 Å². The second-order valence-corrected chi connectivity index (χ2v) is 5.30. The van der Waals surface area contributed by atoms with Crippen LogP contribution in [-0.4, -0.2) is 26.1 Å². The largest absolute Gasteiger partial charge is 0.476 e. The van der Waals surface area contributed by atoms with Gasteiger partial charge in [0.15, 0.2) is 5.69 Å². The molecule has 1 N–H and O–H groups in total. The number of hydrogen-bond acceptors (Lipinski definition) is 3. The minimum absolute atomic E-state index is 0.167. The highest BCUT2D eigenvalue weighted by atomic mass is 19.1. The standard InChI is InChI=1S/C17H14FN3O2/c1-10-4-3-5-12(8-10)16-15(17(22)23)19-20-21(16)14-9-13(18)7-6-11(14)2/h3-9H,1-2H3,(H,22,23). The van der Waals surface area contributed by atoms with Crippen LogP contribution in [0.5, 0.6) is 0 Å². The van der Waals surface area contributed by atoms with Crippen molar-refractivity contribution in [2.75, 3.05) is 0 Å². The Hall–Kier alpha value is -3.02. The fraction of sp³-hybridized carbons (Fsp3) is 0.118. The van der Waals surface area contributed by atoms with Crippen molar-refractivity contribution < 1.29 is 14.3 Å². The van der Waals surface area contributed by atoms with E-state index in [1.54, 1.807) is 19.1 Å². The van der Waals surface area contributed by atoms with E-state index in [1.807, 2.05) is 25.1 Å². The molecule has 0 unspecified atom stereocenters. The summed E-state index contributed by atoms with van der Waals surface area (Å²) >= 11 is 0. The predicted molar refractivity (Wildman–Crippen MR) is 83.2 cm³/mol. The van der Waals surface area contributed by atoms with E-state index in [4.69, 9.17) is 0 Å². The van der Waals surface area contributed by atoms with Gasteiger partial charge in [-0.05, 0) is 37.6 Å². The normalized spacial score (nSPS) is 10.7. The third-order valence-corrected chi connectivity index (χ3v) is 3.56. The maximum absolute atomic E-state index is 13.6. The van der Waals surface area contributed by atoms with E-state index < -0.39 is 11.8 Å². The van der Waals surface area contributed by atoms with Crippen molar-refractivity contribution in [2.24, 2.45) is 0 Å². The summed E-state index contributed by atoms with van der Waals surface area (Å²) in [5, 5.41) is 17.1. The van der Waals surface area contributed by atoms with Gasteiger partial charge >= 0.3 is 5.97 Å². The van der Waals surface area contributed by atoms with E-state index in [0.29, 0.717) is 16.9 Å². The monoisotopic (exact) mass is 311 g/mol. The lowest BCUT2D eigenvalue weighted by molar-refractivity contribution is 0.0691.